The van der Waals surface area contributed by atoms with E-state index in [1.807, 2.05) is 6.92 Å². The summed E-state index contributed by atoms with van der Waals surface area (Å²) in [7, 11) is 0. The number of rotatable bonds is 4. The minimum atomic E-state index is -0.106. The highest BCUT2D eigenvalue weighted by Gasteiger charge is 2.19. The van der Waals surface area contributed by atoms with Crippen LogP contribution in [0.2, 0.25) is 0 Å². The maximum Gasteiger partial charge on any atom is 0.0512 e. The summed E-state index contributed by atoms with van der Waals surface area (Å²) in [6, 6.07) is 0. The average molecular weight is 184 g/mol. The summed E-state index contributed by atoms with van der Waals surface area (Å²) in [6.07, 6.45) is 9.26. The molecule has 0 aromatic carbocycles. The van der Waals surface area contributed by atoms with Gasteiger partial charge in [-0.15, -0.1) is 0 Å². The van der Waals surface area contributed by atoms with Crippen LogP contribution < -0.4 is 0 Å². The van der Waals surface area contributed by atoms with Crippen molar-refractivity contribution in [2.75, 3.05) is 0 Å². The van der Waals surface area contributed by atoms with Crippen LogP contribution in [0, 0.1) is 11.8 Å². The van der Waals surface area contributed by atoms with Crippen molar-refractivity contribution in [1.29, 1.82) is 0 Å². The lowest BCUT2D eigenvalue weighted by atomic mass is 9.79. The first-order valence-electron chi connectivity index (χ1n) is 5.88. The summed E-state index contributed by atoms with van der Waals surface area (Å²) < 4.78 is 0. The molecule has 1 rings (SSSR count). The molecule has 1 saturated carbocycles. The van der Waals surface area contributed by atoms with E-state index < -0.39 is 0 Å². The molecule has 13 heavy (non-hydrogen) atoms. The molecule has 0 amide bonds. The van der Waals surface area contributed by atoms with E-state index in [1.54, 1.807) is 0 Å². The molecule has 1 fully saturated rings. The standard InChI is InChI=1S/C12H24O/c1-10(8-9-11(2)13)12-6-4-3-5-7-12/h10-13H,3-9H2,1-2H3. The highest BCUT2D eigenvalue weighted by molar-refractivity contribution is 4.71. The molecule has 1 N–H and O–H groups in total. The van der Waals surface area contributed by atoms with Gasteiger partial charge < -0.3 is 5.11 Å². The fraction of sp³-hybridized carbons (Fsp3) is 1.00. The second kappa shape index (κ2) is 5.64. The van der Waals surface area contributed by atoms with Gasteiger partial charge >= 0.3 is 0 Å². The van der Waals surface area contributed by atoms with Crippen LogP contribution >= 0.6 is 0 Å². The Morgan fingerprint density at radius 1 is 1.08 bits per heavy atom. The lowest BCUT2D eigenvalue weighted by Gasteiger charge is -2.27. The Hall–Kier alpha value is -0.0400. The summed E-state index contributed by atoms with van der Waals surface area (Å²) >= 11 is 0. The molecule has 0 spiro atoms. The lowest BCUT2D eigenvalue weighted by Crippen LogP contribution is -2.16. The molecular weight excluding hydrogens is 160 g/mol. The molecule has 0 radical (unpaired) electrons. The van der Waals surface area contributed by atoms with E-state index in [9.17, 15) is 5.11 Å². The van der Waals surface area contributed by atoms with Gasteiger partial charge in [0, 0.05) is 0 Å². The van der Waals surface area contributed by atoms with E-state index in [0.29, 0.717) is 0 Å². The molecule has 0 aliphatic heterocycles. The van der Waals surface area contributed by atoms with E-state index in [1.165, 1.54) is 38.5 Å². The molecule has 2 unspecified atom stereocenters. The number of hydrogen-bond acceptors (Lipinski definition) is 1. The van der Waals surface area contributed by atoms with Gasteiger partial charge in [0.15, 0.2) is 0 Å². The molecule has 0 saturated heterocycles. The van der Waals surface area contributed by atoms with E-state index in [4.69, 9.17) is 0 Å². The van der Waals surface area contributed by atoms with Crippen LogP contribution in [0.15, 0.2) is 0 Å². The van der Waals surface area contributed by atoms with Gasteiger partial charge in [0.25, 0.3) is 0 Å². The monoisotopic (exact) mass is 184 g/mol. The molecule has 2 atom stereocenters. The molecule has 0 aromatic rings. The SMILES string of the molecule is CC(O)CCC(C)C1CCCCC1. The Morgan fingerprint density at radius 3 is 2.23 bits per heavy atom. The van der Waals surface area contributed by atoms with Crippen LogP contribution in [0.1, 0.15) is 58.8 Å². The fourth-order valence-corrected chi connectivity index (χ4v) is 2.44. The molecule has 78 valence electrons. The van der Waals surface area contributed by atoms with Gasteiger partial charge in [-0.2, -0.15) is 0 Å². The van der Waals surface area contributed by atoms with Gasteiger partial charge in [-0.05, 0) is 31.6 Å². The second-order valence-electron chi connectivity index (χ2n) is 4.80. The maximum absolute atomic E-state index is 9.20. The maximum atomic E-state index is 9.20. The first kappa shape index (κ1) is 11.0. The van der Waals surface area contributed by atoms with Crippen LogP contribution in [-0.2, 0) is 0 Å². The average Bonchev–Trinajstić information content (AvgIpc) is 2.15. The lowest BCUT2D eigenvalue weighted by molar-refractivity contribution is 0.159. The number of aliphatic hydroxyl groups is 1. The summed E-state index contributed by atoms with van der Waals surface area (Å²) in [5.74, 6) is 1.78. The highest BCUT2D eigenvalue weighted by atomic mass is 16.3. The first-order chi connectivity index (χ1) is 6.20. The summed E-state index contributed by atoms with van der Waals surface area (Å²) in [5.41, 5.74) is 0. The van der Waals surface area contributed by atoms with Gasteiger partial charge in [0.2, 0.25) is 0 Å². The van der Waals surface area contributed by atoms with Crippen molar-refractivity contribution < 1.29 is 5.11 Å². The van der Waals surface area contributed by atoms with Gasteiger partial charge in [-0.3, -0.25) is 0 Å². The minimum absolute atomic E-state index is 0.106. The van der Waals surface area contributed by atoms with Crippen molar-refractivity contribution in [3.8, 4) is 0 Å². The van der Waals surface area contributed by atoms with E-state index >= 15 is 0 Å². The smallest absolute Gasteiger partial charge is 0.0512 e. The molecule has 0 bridgehead atoms. The molecule has 1 nitrogen and oxygen atoms in total. The molecule has 0 heterocycles. The predicted molar refractivity (Wildman–Crippen MR) is 56.7 cm³/mol. The summed E-state index contributed by atoms with van der Waals surface area (Å²) in [6.45, 7) is 4.26. The topological polar surface area (TPSA) is 20.2 Å². The molecule has 1 aliphatic carbocycles. The van der Waals surface area contributed by atoms with Gasteiger partial charge in [0.1, 0.15) is 0 Å². The van der Waals surface area contributed by atoms with Gasteiger partial charge in [-0.1, -0.05) is 39.0 Å². The van der Waals surface area contributed by atoms with Gasteiger partial charge in [0.05, 0.1) is 6.10 Å². The Kier molecular flexibility index (Phi) is 4.79. The van der Waals surface area contributed by atoms with E-state index in [0.717, 1.165) is 18.3 Å². The zero-order chi connectivity index (χ0) is 9.68. The van der Waals surface area contributed by atoms with Crippen LogP contribution in [0.4, 0.5) is 0 Å². The third-order valence-electron chi connectivity index (χ3n) is 3.49. The Morgan fingerprint density at radius 2 is 1.69 bits per heavy atom. The zero-order valence-electron chi connectivity index (χ0n) is 9.13. The first-order valence-corrected chi connectivity index (χ1v) is 5.88. The zero-order valence-corrected chi connectivity index (χ0v) is 9.13. The van der Waals surface area contributed by atoms with Crippen molar-refractivity contribution in [3.63, 3.8) is 0 Å². The molecule has 1 aliphatic rings. The van der Waals surface area contributed by atoms with Crippen molar-refractivity contribution >= 4 is 0 Å². The van der Waals surface area contributed by atoms with Crippen molar-refractivity contribution in [2.24, 2.45) is 11.8 Å². The van der Waals surface area contributed by atoms with E-state index in [2.05, 4.69) is 6.92 Å². The van der Waals surface area contributed by atoms with Crippen LogP contribution in [-0.4, -0.2) is 11.2 Å². The van der Waals surface area contributed by atoms with Crippen molar-refractivity contribution in [1.82, 2.24) is 0 Å². The summed E-state index contributed by atoms with van der Waals surface area (Å²) in [4.78, 5) is 0. The predicted octanol–water partition coefficient (Wildman–Crippen LogP) is 3.36. The largest absolute Gasteiger partial charge is 0.393 e. The molecular formula is C12H24O. The fourth-order valence-electron chi connectivity index (χ4n) is 2.44. The van der Waals surface area contributed by atoms with Crippen LogP contribution in [0.5, 0.6) is 0 Å². The molecule has 1 heteroatoms. The quantitative estimate of drug-likeness (QED) is 0.710. The Bertz CT molecular complexity index is 125. The third kappa shape index (κ3) is 4.12. The second-order valence-corrected chi connectivity index (χ2v) is 4.80. The Labute approximate surface area is 82.5 Å². The minimum Gasteiger partial charge on any atom is -0.393 e. The van der Waals surface area contributed by atoms with Crippen LogP contribution in [0.25, 0.3) is 0 Å². The highest BCUT2D eigenvalue weighted by Crippen LogP contribution is 2.32. The normalized spacial score (nSPS) is 24.2. The third-order valence-corrected chi connectivity index (χ3v) is 3.49. The summed E-state index contributed by atoms with van der Waals surface area (Å²) in [5, 5.41) is 9.20. The Balaban J connectivity index is 2.17. The van der Waals surface area contributed by atoms with Crippen molar-refractivity contribution in [2.45, 2.75) is 64.9 Å². The van der Waals surface area contributed by atoms with Gasteiger partial charge in [-0.25, -0.2) is 0 Å². The van der Waals surface area contributed by atoms with E-state index in [-0.39, 0.29) is 6.10 Å². The van der Waals surface area contributed by atoms with Crippen LogP contribution in [0.3, 0.4) is 0 Å². The van der Waals surface area contributed by atoms with Crippen molar-refractivity contribution in [3.05, 3.63) is 0 Å². The molecule has 0 aromatic heterocycles. The number of hydrogen-bond donors (Lipinski definition) is 1. The number of aliphatic hydroxyl groups excluding tert-OH is 1.